The molecule has 0 saturated carbocycles. The highest BCUT2D eigenvalue weighted by Gasteiger charge is 2.28. The number of hydrogen-bond donors (Lipinski definition) is 1. The molecule has 0 bridgehead atoms. The highest BCUT2D eigenvalue weighted by Crippen LogP contribution is 2.29. The molecule has 1 heterocycles. The summed E-state index contributed by atoms with van der Waals surface area (Å²) in [4.78, 5) is 20.7. The SMILES string of the molecule is O=[N+]([O-])c1ccc(/C=N\Nc2ccc(S(=O)(=O)N3CCOCC3)cc2[N+](=O)[O-])cc1. The maximum atomic E-state index is 12.7. The van der Waals surface area contributed by atoms with Gasteiger partial charge >= 0.3 is 0 Å². The second-order valence-electron chi connectivity index (χ2n) is 6.17. The monoisotopic (exact) mass is 435 g/mol. The molecule has 158 valence electrons. The van der Waals surface area contributed by atoms with Gasteiger partial charge in [-0.05, 0) is 29.8 Å². The van der Waals surface area contributed by atoms with Crippen LogP contribution < -0.4 is 5.43 Å². The Labute approximate surface area is 171 Å². The van der Waals surface area contributed by atoms with Gasteiger partial charge in [-0.25, -0.2) is 8.42 Å². The summed E-state index contributed by atoms with van der Waals surface area (Å²) in [5.74, 6) is 0. The Morgan fingerprint density at radius 3 is 2.30 bits per heavy atom. The molecule has 13 heteroatoms. The van der Waals surface area contributed by atoms with Gasteiger partial charge in [0, 0.05) is 31.3 Å². The summed E-state index contributed by atoms with van der Waals surface area (Å²) in [6.07, 6.45) is 1.33. The van der Waals surface area contributed by atoms with Crippen LogP contribution in [-0.4, -0.2) is 55.1 Å². The normalized spacial score (nSPS) is 15.2. The average molecular weight is 435 g/mol. The first-order valence-electron chi connectivity index (χ1n) is 8.69. The number of nitrogens with zero attached hydrogens (tertiary/aromatic N) is 4. The summed E-state index contributed by atoms with van der Waals surface area (Å²) in [5.41, 5.74) is 2.50. The van der Waals surface area contributed by atoms with E-state index >= 15 is 0 Å². The van der Waals surface area contributed by atoms with E-state index in [1.54, 1.807) is 0 Å². The van der Waals surface area contributed by atoms with Crippen molar-refractivity contribution >= 4 is 33.3 Å². The Morgan fingerprint density at radius 1 is 1.03 bits per heavy atom. The minimum Gasteiger partial charge on any atom is -0.379 e. The van der Waals surface area contributed by atoms with Crippen LogP contribution in [-0.2, 0) is 14.8 Å². The molecular formula is C17H17N5O7S. The first-order chi connectivity index (χ1) is 14.3. The lowest BCUT2D eigenvalue weighted by Crippen LogP contribution is -2.40. The summed E-state index contributed by atoms with van der Waals surface area (Å²) >= 11 is 0. The molecule has 1 aliphatic rings. The van der Waals surface area contributed by atoms with E-state index in [2.05, 4.69) is 10.5 Å². The number of sulfonamides is 1. The molecule has 1 saturated heterocycles. The largest absolute Gasteiger partial charge is 0.379 e. The van der Waals surface area contributed by atoms with Crippen LogP contribution in [0.5, 0.6) is 0 Å². The predicted molar refractivity (Wildman–Crippen MR) is 107 cm³/mol. The van der Waals surface area contributed by atoms with Crippen LogP contribution in [0.15, 0.2) is 52.5 Å². The molecule has 1 N–H and O–H groups in total. The Bertz CT molecular complexity index is 1080. The molecule has 0 aromatic heterocycles. The summed E-state index contributed by atoms with van der Waals surface area (Å²) in [6.45, 7) is 0.877. The average Bonchev–Trinajstić information content (AvgIpc) is 2.74. The molecule has 3 rings (SSSR count). The third-order valence-corrected chi connectivity index (χ3v) is 6.17. The standard InChI is InChI=1S/C17H17N5O7S/c23-21(24)14-3-1-13(2-4-14)12-18-19-16-6-5-15(11-17(16)22(25)26)30(27,28)20-7-9-29-10-8-20/h1-6,11-12,19H,7-10H2/b18-12-. The fourth-order valence-corrected chi connectivity index (χ4v) is 4.14. The second-order valence-corrected chi connectivity index (χ2v) is 8.11. The van der Waals surface area contributed by atoms with E-state index in [-0.39, 0.29) is 42.6 Å². The highest BCUT2D eigenvalue weighted by atomic mass is 32.2. The summed E-state index contributed by atoms with van der Waals surface area (Å²) in [5, 5.41) is 26.0. The lowest BCUT2D eigenvalue weighted by molar-refractivity contribution is -0.384. The molecule has 30 heavy (non-hydrogen) atoms. The van der Waals surface area contributed by atoms with E-state index in [1.165, 1.54) is 46.9 Å². The van der Waals surface area contributed by atoms with Crippen molar-refractivity contribution in [1.82, 2.24) is 4.31 Å². The number of nitro groups is 2. The number of nitrogens with one attached hydrogen (secondary N) is 1. The van der Waals surface area contributed by atoms with Crippen molar-refractivity contribution in [2.75, 3.05) is 31.7 Å². The Hall–Kier alpha value is -3.42. The van der Waals surface area contributed by atoms with Crippen LogP contribution in [0.2, 0.25) is 0 Å². The zero-order chi connectivity index (χ0) is 21.7. The lowest BCUT2D eigenvalue weighted by Gasteiger charge is -2.26. The van der Waals surface area contributed by atoms with E-state index in [0.717, 1.165) is 6.07 Å². The van der Waals surface area contributed by atoms with Gasteiger partial charge in [0.2, 0.25) is 10.0 Å². The zero-order valence-corrected chi connectivity index (χ0v) is 16.3. The third kappa shape index (κ3) is 4.76. The summed E-state index contributed by atoms with van der Waals surface area (Å²) < 4.78 is 31.8. The number of morpholine rings is 1. The van der Waals surface area contributed by atoms with Crippen molar-refractivity contribution in [3.8, 4) is 0 Å². The van der Waals surface area contributed by atoms with E-state index in [4.69, 9.17) is 4.74 Å². The molecule has 2 aromatic rings. The number of rotatable bonds is 7. The molecule has 0 atom stereocenters. The minimum atomic E-state index is -3.88. The van der Waals surface area contributed by atoms with Crippen molar-refractivity contribution in [2.45, 2.75) is 4.90 Å². The van der Waals surface area contributed by atoms with Gasteiger partial charge < -0.3 is 4.74 Å². The molecule has 0 amide bonds. The van der Waals surface area contributed by atoms with Gasteiger partial charge in [-0.1, -0.05) is 0 Å². The van der Waals surface area contributed by atoms with Crippen LogP contribution in [0.1, 0.15) is 5.56 Å². The quantitative estimate of drug-likeness (QED) is 0.393. The van der Waals surface area contributed by atoms with Crippen molar-refractivity contribution in [2.24, 2.45) is 5.10 Å². The van der Waals surface area contributed by atoms with Crippen LogP contribution in [0.3, 0.4) is 0 Å². The van der Waals surface area contributed by atoms with Gasteiger partial charge in [-0.3, -0.25) is 25.7 Å². The molecule has 12 nitrogen and oxygen atoms in total. The molecule has 1 fully saturated rings. The number of hydrogen-bond acceptors (Lipinski definition) is 9. The van der Waals surface area contributed by atoms with Gasteiger partial charge in [0.1, 0.15) is 5.69 Å². The first-order valence-corrected chi connectivity index (χ1v) is 10.1. The minimum absolute atomic E-state index is 0.000843. The van der Waals surface area contributed by atoms with Gasteiger partial charge in [0.15, 0.2) is 0 Å². The molecule has 0 aliphatic carbocycles. The van der Waals surface area contributed by atoms with E-state index in [0.29, 0.717) is 5.56 Å². The second kappa shape index (κ2) is 8.94. The van der Waals surface area contributed by atoms with Gasteiger partial charge in [-0.15, -0.1) is 0 Å². The fraction of sp³-hybridized carbons (Fsp3) is 0.235. The van der Waals surface area contributed by atoms with Crippen molar-refractivity contribution in [3.63, 3.8) is 0 Å². The Kier molecular flexibility index (Phi) is 6.34. The molecule has 2 aromatic carbocycles. The first kappa shape index (κ1) is 21.3. The van der Waals surface area contributed by atoms with Gasteiger partial charge in [0.25, 0.3) is 11.4 Å². The number of non-ortho nitro benzene ring substituents is 1. The van der Waals surface area contributed by atoms with Crippen LogP contribution in [0.25, 0.3) is 0 Å². The molecule has 0 unspecified atom stereocenters. The van der Waals surface area contributed by atoms with Crippen molar-refractivity contribution in [3.05, 3.63) is 68.3 Å². The Balaban J connectivity index is 1.80. The van der Waals surface area contributed by atoms with Gasteiger partial charge in [0.05, 0.1) is 34.2 Å². The highest BCUT2D eigenvalue weighted by molar-refractivity contribution is 7.89. The molecular weight excluding hydrogens is 418 g/mol. The number of ether oxygens (including phenoxy) is 1. The maximum Gasteiger partial charge on any atom is 0.295 e. The fourth-order valence-electron chi connectivity index (χ4n) is 2.71. The van der Waals surface area contributed by atoms with Crippen molar-refractivity contribution in [1.29, 1.82) is 0 Å². The van der Waals surface area contributed by atoms with E-state index in [9.17, 15) is 28.6 Å². The number of benzene rings is 2. The lowest BCUT2D eigenvalue weighted by atomic mass is 10.2. The summed E-state index contributed by atoms with van der Waals surface area (Å²) in [7, 11) is -3.88. The van der Waals surface area contributed by atoms with Gasteiger partial charge in [-0.2, -0.15) is 9.41 Å². The van der Waals surface area contributed by atoms with Crippen molar-refractivity contribution < 1.29 is 23.0 Å². The number of nitro benzene ring substituents is 2. The molecule has 0 radical (unpaired) electrons. The Morgan fingerprint density at radius 2 is 1.70 bits per heavy atom. The number of hydrazone groups is 1. The third-order valence-electron chi connectivity index (χ3n) is 4.28. The molecule has 0 spiro atoms. The maximum absolute atomic E-state index is 12.7. The predicted octanol–water partition coefficient (Wildman–Crippen LogP) is 1.97. The molecule has 1 aliphatic heterocycles. The van der Waals surface area contributed by atoms with E-state index in [1.807, 2.05) is 0 Å². The topological polar surface area (TPSA) is 157 Å². The van der Waals surface area contributed by atoms with Crippen LogP contribution in [0, 0.1) is 20.2 Å². The smallest absolute Gasteiger partial charge is 0.295 e. The summed E-state index contributed by atoms with van der Waals surface area (Å²) in [6, 6.07) is 9.05. The zero-order valence-electron chi connectivity index (χ0n) is 15.5. The van der Waals surface area contributed by atoms with Crippen LogP contribution >= 0.6 is 0 Å². The number of anilines is 1. The van der Waals surface area contributed by atoms with Crippen LogP contribution in [0.4, 0.5) is 17.1 Å². The van der Waals surface area contributed by atoms with E-state index < -0.39 is 25.6 Å².